The minimum atomic E-state index is -3.74. The highest BCUT2D eigenvalue weighted by Crippen LogP contribution is 2.28. The number of aromatic amines is 1. The molecule has 2 aromatic rings. The molecule has 0 saturated carbocycles. The fourth-order valence-corrected chi connectivity index (χ4v) is 3.63. The van der Waals surface area contributed by atoms with Gasteiger partial charge in [0, 0.05) is 6.07 Å². The van der Waals surface area contributed by atoms with Crippen LogP contribution in [0.3, 0.4) is 0 Å². The first-order chi connectivity index (χ1) is 10.0. The Morgan fingerprint density at radius 1 is 1.24 bits per heavy atom. The van der Waals surface area contributed by atoms with E-state index in [0.717, 1.165) is 6.42 Å². The van der Waals surface area contributed by atoms with Gasteiger partial charge in [0.15, 0.2) is 4.90 Å². The lowest BCUT2D eigenvalue weighted by molar-refractivity contribution is -0.519. The van der Waals surface area contributed by atoms with E-state index in [2.05, 4.69) is 4.98 Å². The number of ether oxygens (including phenoxy) is 2. The average Bonchev–Trinajstić information content (AvgIpc) is 2.96. The zero-order valence-corrected chi connectivity index (χ0v) is 13.1. The number of rotatable bonds is 6. The molecular weight excluding hydrogens is 292 g/mol. The van der Waals surface area contributed by atoms with Gasteiger partial charge < -0.3 is 9.47 Å². The second-order valence-electron chi connectivity index (χ2n) is 4.47. The highest BCUT2D eigenvalue weighted by molar-refractivity contribution is 7.85. The van der Waals surface area contributed by atoms with Crippen LogP contribution in [0, 0.1) is 0 Å². The quantitative estimate of drug-likeness (QED) is 0.821. The molecule has 0 amide bonds. The maximum Gasteiger partial charge on any atom is 0.339 e. The Morgan fingerprint density at radius 2 is 2.00 bits per heavy atom. The summed E-state index contributed by atoms with van der Waals surface area (Å²) in [6.07, 6.45) is 4.58. The molecule has 1 aromatic carbocycles. The molecular formula is C14H19N2O4S+. The molecule has 21 heavy (non-hydrogen) atoms. The van der Waals surface area contributed by atoms with Crippen LogP contribution in [0.25, 0.3) is 0 Å². The van der Waals surface area contributed by atoms with E-state index >= 15 is 0 Å². The number of hydrogen-bond acceptors (Lipinski definition) is 4. The Hall–Kier alpha value is -2.02. The van der Waals surface area contributed by atoms with Crippen LogP contribution in [-0.4, -0.2) is 27.6 Å². The van der Waals surface area contributed by atoms with Crippen LogP contribution in [-0.2, 0) is 16.4 Å². The van der Waals surface area contributed by atoms with Gasteiger partial charge in [-0.15, -0.1) is 3.97 Å². The van der Waals surface area contributed by atoms with Gasteiger partial charge in [-0.3, -0.25) is 0 Å². The minimum absolute atomic E-state index is 0.0753. The monoisotopic (exact) mass is 311 g/mol. The third-order valence-corrected chi connectivity index (χ3v) is 4.86. The van der Waals surface area contributed by atoms with Gasteiger partial charge in [0.05, 0.1) is 20.6 Å². The van der Waals surface area contributed by atoms with E-state index in [-0.39, 0.29) is 10.6 Å². The molecule has 114 valence electrons. The number of hydrogen-bond donors (Lipinski definition) is 1. The molecule has 0 bridgehead atoms. The SMILES string of the molecule is CCCc1[nH]cc[n+]1S(=O)(=O)c1cc(OC)ccc1OC. The van der Waals surface area contributed by atoms with Crippen LogP contribution in [0.5, 0.6) is 11.5 Å². The van der Waals surface area contributed by atoms with Crippen molar-refractivity contribution in [3.05, 3.63) is 36.4 Å². The average molecular weight is 311 g/mol. The number of H-pyrrole nitrogens is 1. The van der Waals surface area contributed by atoms with Gasteiger partial charge in [-0.2, -0.15) is 8.42 Å². The highest BCUT2D eigenvalue weighted by Gasteiger charge is 2.30. The van der Waals surface area contributed by atoms with Gasteiger partial charge in [0.25, 0.3) is 5.82 Å². The van der Waals surface area contributed by atoms with Crippen molar-refractivity contribution in [3.8, 4) is 11.5 Å². The first kappa shape index (κ1) is 15.4. The predicted molar refractivity (Wildman–Crippen MR) is 77.1 cm³/mol. The molecule has 0 aliphatic heterocycles. The van der Waals surface area contributed by atoms with Crippen molar-refractivity contribution in [2.75, 3.05) is 14.2 Å². The molecule has 0 atom stereocenters. The molecule has 0 saturated heterocycles. The van der Waals surface area contributed by atoms with E-state index < -0.39 is 10.0 Å². The molecule has 1 heterocycles. The van der Waals surface area contributed by atoms with Crippen molar-refractivity contribution < 1.29 is 21.9 Å². The van der Waals surface area contributed by atoms with Gasteiger partial charge in [0.1, 0.15) is 23.9 Å². The highest BCUT2D eigenvalue weighted by atomic mass is 32.2. The lowest BCUT2D eigenvalue weighted by Gasteiger charge is -2.09. The Labute approximate surface area is 124 Å². The van der Waals surface area contributed by atoms with E-state index in [1.165, 1.54) is 30.5 Å². The molecule has 0 aliphatic carbocycles. The van der Waals surface area contributed by atoms with Crippen LogP contribution >= 0.6 is 0 Å². The molecule has 0 spiro atoms. The number of aromatic nitrogens is 2. The Bertz CT molecular complexity index is 722. The number of imidazole rings is 1. The standard InChI is InChI=1S/C14H18N2O4S/c1-4-5-14-15-8-9-16(14)21(17,18)13-10-11(19-2)6-7-12(13)20-3/h6-10H,4-5H2,1-3H3/p+1. The predicted octanol–water partition coefficient (Wildman–Crippen LogP) is 1.51. The summed E-state index contributed by atoms with van der Waals surface area (Å²) >= 11 is 0. The van der Waals surface area contributed by atoms with Crippen LogP contribution in [0.2, 0.25) is 0 Å². The summed E-state index contributed by atoms with van der Waals surface area (Å²) in [6, 6.07) is 4.70. The molecule has 2 rings (SSSR count). The number of nitrogens with one attached hydrogen (secondary N) is 1. The van der Waals surface area contributed by atoms with E-state index in [1.807, 2.05) is 6.92 Å². The van der Waals surface area contributed by atoms with E-state index in [1.54, 1.807) is 18.3 Å². The summed E-state index contributed by atoms with van der Waals surface area (Å²) in [6.45, 7) is 1.99. The summed E-state index contributed by atoms with van der Waals surface area (Å²) in [5, 5.41) is 0. The first-order valence-electron chi connectivity index (χ1n) is 6.60. The van der Waals surface area contributed by atoms with E-state index in [9.17, 15) is 8.42 Å². The molecule has 0 radical (unpaired) electrons. The van der Waals surface area contributed by atoms with Gasteiger partial charge >= 0.3 is 10.0 Å². The maximum atomic E-state index is 12.8. The van der Waals surface area contributed by atoms with Gasteiger partial charge in [-0.1, -0.05) is 6.92 Å². The zero-order chi connectivity index (χ0) is 15.5. The number of methoxy groups -OCH3 is 2. The third kappa shape index (κ3) is 2.87. The summed E-state index contributed by atoms with van der Waals surface area (Å²) in [5.41, 5.74) is 0. The minimum Gasteiger partial charge on any atom is -0.497 e. The van der Waals surface area contributed by atoms with E-state index in [4.69, 9.17) is 9.47 Å². The van der Waals surface area contributed by atoms with Gasteiger partial charge in [0.2, 0.25) is 0 Å². The lowest BCUT2D eigenvalue weighted by Crippen LogP contribution is -2.44. The molecule has 1 aromatic heterocycles. The number of nitrogens with zero attached hydrogens (tertiary/aromatic N) is 1. The topological polar surface area (TPSA) is 72.3 Å². The van der Waals surface area contributed by atoms with Gasteiger partial charge in [-0.25, -0.2) is 4.98 Å². The third-order valence-electron chi connectivity index (χ3n) is 3.12. The summed E-state index contributed by atoms with van der Waals surface area (Å²) in [7, 11) is -0.813. The maximum absolute atomic E-state index is 12.8. The molecule has 1 N–H and O–H groups in total. The van der Waals surface area contributed by atoms with Crippen LogP contribution in [0.15, 0.2) is 35.5 Å². The summed E-state index contributed by atoms with van der Waals surface area (Å²) in [5.74, 6) is 1.37. The molecule has 0 aliphatic rings. The normalized spacial score (nSPS) is 11.4. The number of benzene rings is 1. The van der Waals surface area contributed by atoms with Crippen LogP contribution in [0.4, 0.5) is 0 Å². The largest absolute Gasteiger partial charge is 0.497 e. The fraction of sp³-hybridized carbons (Fsp3) is 0.357. The molecule has 0 fully saturated rings. The smallest absolute Gasteiger partial charge is 0.339 e. The lowest BCUT2D eigenvalue weighted by atomic mass is 10.3. The van der Waals surface area contributed by atoms with Crippen molar-refractivity contribution in [1.82, 2.24) is 4.98 Å². The van der Waals surface area contributed by atoms with Crippen LogP contribution < -0.4 is 13.4 Å². The summed E-state index contributed by atoms with van der Waals surface area (Å²) in [4.78, 5) is 3.04. The molecule has 0 unspecified atom stereocenters. The fourth-order valence-electron chi connectivity index (χ4n) is 2.09. The second kappa shape index (κ2) is 6.17. The molecule has 6 nitrogen and oxygen atoms in total. The van der Waals surface area contributed by atoms with Crippen molar-refractivity contribution >= 4 is 10.0 Å². The van der Waals surface area contributed by atoms with Crippen molar-refractivity contribution in [1.29, 1.82) is 0 Å². The first-order valence-corrected chi connectivity index (χ1v) is 8.04. The zero-order valence-electron chi connectivity index (χ0n) is 12.3. The second-order valence-corrected chi connectivity index (χ2v) is 6.26. The molecule has 7 heteroatoms. The number of aryl methyl sites for hydroxylation is 1. The Kier molecular flexibility index (Phi) is 4.52. The Balaban J connectivity index is 2.60. The summed E-state index contributed by atoms with van der Waals surface area (Å²) < 4.78 is 37.2. The van der Waals surface area contributed by atoms with Crippen LogP contribution in [0.1, 0.15) is 19.2 Å². The van der Waals surface area contributed by atoms with Crippen molar-refractivity contribution in [2.24, 2.45) is 0 Å². The van der Waals surface area contributed by atoms with E-state index in [0.29, 0.717) is 18.0 Å². The van der Waals surface area contributed by atoms with Gasteiger partial charge in [-0.05, 0) is 18.6 Å². The van der Waals surface area contributed by atoms with Crippen molar-refractivity contribution in [2.45, 2.75) is 24.7 Å². The Morgan fingerprint density at radius 3 is 2.62 bits per heavy atom. The van der Waals surface area contributed by atoms with Crippen molar-refractivity contribution in [3.63, 3.8) is 0 Å².